The average Bonchev–Trinajstić information content (AvgIpc) is 3.03. The van der Waals surface area contributed by atoms with Crippen LogP contribution in [0.3, 0.4) is 0 Å². The van der Waals surface area contributed by atoms with Gasteiger partial charge in [0.25, 0.3) is 0 Å². The number of hydrogen-bond donors (Lipinski definition) is 1. The van der Waals surface area contributed by atoms with E-state index >= 15 is 0 Å². The molecule has 0 aliphatic carbocycles. The van der Waals surface area contributed by atoms with Gasteiger partial charge in [-0.15, -0.1) is 0 Å². The van der Waals surface area contributed by atoms with E-state index in [4.69, 9.17) is 14.2 Å². The third-order valence-corrected chi connectivity index (χ3v) is 5.26. The van der Waals surface area contributed by atoms with Crippen molar-refractivity contribution in [3.05, 3.63) is 36.5 Å². The zero-order chi connectivity index (χ0) is 23.0. The molecule has 1 N–H and O–H groups in total. The first-order valence-electron chi connectivity index (χ1n) is 9.98. The highest BCUT2D eigenvalue weighted by atomic mass is 16.6. The number of hydrogen-bond acceptors (Lipinski definition) is 6. The van der Waals surface area contributed by atoms with E-state index in [0.717, 1.165) is 16.3 Å². The number of carbonyl (C=O) groups excluding carboxylic acids is 1. The van der Waals surface area contributed by atoms with Gasteiger partial charge in [0.1, 0.15) is 23.0 Å². The van der Waals surface area contributed by atoms with Crippen LogP contribution in [0.1, 0.15) is 39.7 Å². The standard InChI is InChI=1S/C23H28N2O6/c1-7-14-10-17-15(11-18(14)29-6)8-9-24-19(17)30-16-12-23(5,20(26)27)25(13-16)21(28)31-22(2,3)4/h7-11,16H,1,12-13H2,2-6H3,(H,26,27)/t16-,23+/m1/s1. The summed E-state index contributed by atoms with van der Waals surface area (Å²) < 4.78 is 16.9. The fourth-order valence-corrected chi connectivity index (χ4v) is 3.68. The molecule has 3 rings (SSSR count). The van der Waals surface area contributed by atoms with Crippen LogP contribution in [-0.4, -0.2) is 58.0 Å². The van der Waals surface area contributed by atoms with Crippen LogP contribution in [0.5, 0.6) is 11.6 Å². The van der Waals surface area contributed by atoms with Crippen molar-refractivity contribution in [1.82, 2.24) is 9.88 Å². The zero-order valence-electron chi connectivity index (χ0n) is 18.5. The van der Waals surface area contributed by atoms with Crippen LogP contribution in [0.2, 0.25) is 0 Å². The van der Waals surface area contributed by atoms with Gasteiger partial charge in [0, 0.05) is 23.6 Å². The maximum absolute atomic E-state index is 12.7. The Morgan fingerprint density at radius 1 is 1.35 bits per heavy atom. The number of nitrogens with zero attached hydrogens (tertiary/aromatic N) is 2. The van der Waals surface area contributed by atoms with Crippen molar-refractivity contribution in [1.29, 1.82) is 0 Å². The second-order valence-corrected chi connectivity index (χ2v) is 8.75. The average molecular weight is 428 g/mol. The van der Waals surface area contributed by atoms with Gasteiger partial charge in [-0.3, -0.25) is 4.90 Å². The maximum atomic E-state index is 12.7. The highest BCUT2D eigenvalue weighted by Crippen LogP contribution is 2.36. The molecule has 1 saturated heterocycles. The summed E-state index contributed by atoms with van der Waals surface area (Å²) in [6.45, 7) is 10.6. The number of ether oxygens (including phenoxy) is 3. The molecule has 1 aromatic carbocycles. The summed E-state index contributed by atoms with van der Waals surface area (Å²) >= 11 is 0. The first kappa shape index (κ1) is 22.4. The molecule has 2 aromatic rings. The lowest BCUT2D eigenvalue weighted by Crippen LogP contribution is -2.52. The number of methoxy groups -OCH3 is 1. The van der Waals surface area contributed by atoms with Crippen molar-refractivity contribution in [3.8, 4) is 11.6 Å². The lowest BCUT2D eigenvalue weighted by Gasteiger charge is -2.32. The van der Waals surface area contributed by atoms with E-state index in [0.29, 0.717) is 11.6 Å². The number of rotatable bonds is 5. The Labute approximate surface area is 181 Å². The molecule has 1 aliphatic heterocycles. The molecular weight excluding hydrogens is 400 g/mol. The molecule has 0 bridgehead atoms. The predicted molar refractivity (Wildman–Crippen MR) is 116 cm³/mol. The van der Waals surface area contributed by atoms with Gasteiger partial charge in [0.05, 0.1) is 13.7 Å². The van der Waals surface area contributed by atoms with Crippen molar-refractivity contribution >= 4 is 28.9 Å². The minimum absolute atomic E-state index is 0.0697. The SMILES string of the molecule is C=Cc1cc2c(O[C@H]3CN(C(=O)OC(C)(C)C)[C@](C)(C(=O)O)C3)nccc2cc1OC. The molecule has 0 radical (unpaired) electrons. The number of carbonyl (C=O) groups is 2. The Bertz CT molecular complexity index is 1030. The first-order valence-corrected chi connectivity index (χ1v) is 9.98. The zero-order valence-corrected chi connectivity index (χ0v) is 18.5. The molecule has 2 heterocycles. The molecular formula is C23H28N2O6. The fraction of sp³-hybridized carbons (Fsp3) is 0.435. The van der Waals surface area contributed by atoms with E-state index in [1.165, 1.54) is 11.8 Å². The maximum Gasteiger partial charge on any atom is 0.411 e. The molecule has 0 saturated carbocycles. The molecule has 31 heavy (non-hydrogen) atoms. The number of benzene rings is 1. The summed E-state index contributed by atoms with van der Waals surface area (Å²) in [7, 11) is 1.59. The van der Waals surface area contributed by atoms with Gasteiger partial charge in [0.2, 0.25) is 5.88 Å². The number of aromatic nitrogens is 1. The van der Waals surface area contributed by atoms with Crippen molar-refractivity contribution in [3.63, 3.8) is 0 Å². The number of aliphatic carboxylic acids is 1. The number of carboxylic acid groups (broad SMARTS) is 1. The Kier molecular flexibility index (Phi) is 5.85. The lowest BCUT2D eigenvalue weighted by atomic mass is 9.98. The Hall–Kier alpha value is -3.29. The third kappa shape index (κ3) is 4.42. The van der Waals surface area contributed by atoms with Crippen LogP contribution in [0, 0.1) is 0 Å². The number of fused-ring (bicyclic) bond motifs is 1. The van der Waals surface area contributed by atoms with E-state index in [1.54, 1.807) is 40.2 Å². The third-order valence-electron chi connectivity index (χ3n) is 5.26. The van der Waals surface area contributed by atoms with E-state index < -0.39 is 29.3 Å². The topological polar surface area (TPSA) is 98.2 Å². The quantitative estimate of drug-likeness (QED) is 0.765. The normalized spacial score (nSPS) is 21.1. The van der Waals surface area contributed by atoms with Gasteiger partial charge in [0.15, 0.2) is 0 Å². The minimum atomic E-state index is -1.45. The molecule has 8 nitrogen and oxygen atoms in total. The van der Waals surface area contributed by atoms with Crippen molar-refractivity contribution in [2.45, 2.75) is 51.4 Å². The molecule has 8 heteroatoms. The van der Waals surface area contributed by atoms with Gasteiger partial charge in [-0.25, -0.2) is 14.6 Å². The Balaban J connectivity index is 1.92. The molecule has 1 amide bonds. The number of likely N-dealkylation sites (tertiary alicyclic amines) is 1. The monoisotopic (exact) mass is 428 g/mol. The van der Waals surface area contributed by atoms with Gasteiger partial charge >= 0.3 is 12.1 Å². The van der Waals surface area contributed by atoms with Crippen LogP contribution >= 0.6 is 0 Å². The van der Waals surface area contributed by atoms with Gasteiger partial charge in [-0.1, -0.05) is 12.7 Å². The van der Waals surface area contributed by atoms with Crippen LogP contribution < -0.4 is 9.47 Å². The summed E-state index contributed by atoms with van der Waals surface area (Å²) in [5, 5.41) is 11.4. The summed E-state index contributed by atoms with van der Waals surface area (Å²) in [6.07, 6.45) is 2.14. The van der Waals surface area contributed by atoms with Gasteiger partial charge < -0.3 is 19.3 Å². The van der Waals surface area contributed by atoms with Crippen LogP contribution in [0.25, 0.3) is 16.8 Å². The molecule has 0 unspecified atom stereocenters. The number of amides is 1. The molecule has 166 valence electrons. The van der Waals surface area contributed by atoms with E-state index in [1.807, 2.05) is 18.2 Å². The molecule has 1 aliphatic rings. The molecule has 1 fully saturated rings. The van der Waals surface area contributed by atoms with Crippen molar-refractivity contribution < 1.29 is 28.9 Å². The second kappa shape index (κ2) is 8.09. The van der Waals surface area contributed by atoms with Crippen molar-refractivity contribution in [2.75, 3.05) is 13.7 Å². The predicted octanol–water partition coefficient (Wildman–Crippen LogP) is 4.12. The largest absolute Gasteiger partial charge is 0.496 e. The fourth-order valence-electron chi connectivity index (χ4n) is 3.68. The van der Waals surface area contributed by atoms with Crippen LogP contribution in [0.15, 0.2) is 31.0 Å². The Morgan fingerprint density at radius 3 is 2.65 bits per heavy atom. The number of carboxylic acids is 1. The van der Waals surface area contributed by atoms with E-state index in [2.05, 4.69) is 11.6 Å². The van der Waals surface area contributed by atoms with E-state index in [-0.39, 0.29) is 13.0 Å². The summed E-state index contributed by atoms with van der Waals surface area (Å²) in [5.41, 5.74) is -1.41. The highest BCUT2D eigenvalue weighted by molar-refractivity contribution is 5.91. The van der Waals surface area contributed by atoms with Crippen LogP contribution in [-0.2, 0) is 9.53 Å². The summed E-state index contributed by atoms with van der Waals surface area (Å²) in [4.78, 5) is 30.3. The highest BCUT2D eigenvalue weighted by Gasteiger charge is 2.52. The molecule has 1 aromatic heterocycles. The smallest absolute Gasteiger partial charge is 0.411 e. The van der Waals surface area contributed by atoms with E-state index in [9.17, 15) is 14.7 Å². The van der Waals surface area contributed by atoms with Gasteiger partial charge in [-0.05, 0) is 51.3 Å². The lowest BCUT2D eigenvalue weighted by molar-refractivity contribution is -0.148. The summed E-state index contributed by atoms with van der Waals surface area (Å²) in [5.74, 6) is -0.0869. The first-order chi connectivity index (χ1) is 14.5. The Morgan fingerprint density at radius 2 is 2.06 bits per heavy atom. The molecule has 2 atom stereocenters. The summed E-state index contributed by atoms with van der Waals surface area (Å²) in [6, 6.07) is 5.56. The molecule has 0 spiro atoms. The number of pyridine rings is 1. The second-order valence-electron chi connectivity index (χ2n) is 8.75. The van der Waals surface area contributed by atoms with Crippen LogP contribution in [0.4, 0.5) is 4.79 Å². The van der Waals surface area contributed by atoms with Crippen molar-refractivity contribution in [2.24, 2.45) is 0 Å². The minimum Gasteiger partial charge on any atom is -0.496 e. The van der Waals surface area contributed by atoms with Gasteiger partial charge in [-0.2, -0.15) is 0 Å².